The summed E-state index contributed by atoms with van der Waals surface area (Å²) >= 11 is 0. The van der Waals surface area contributed by atoms with Crippen molar-refractivity contribution in [2.45, 2.75) is 26.2 Å². The number of carbonyl (C=O) groups excluding carboxylic acids is 1. The summed E-state index contributed by atoms with van der Waals surface area (Å²) in [6, 6.07) is 0. The maximum Gasteiger partial charge on any atom is 0.132 e. The first-order chi connectivity index (χ1) is 5.81. The number of rotatable bonds is 6. The first-order valence-electron chi connectivity index (χ1n) is 4.27. The zero-order valence-corrected chi connectivity index (χ0v) is 7.62. The van der Waals surface area contributed by atoms with Gasteiger partial charge in [-0.1, -0.05) is 43.9 Å². The Morgan fingerprint density at radius 1 is 1.33 bits per heavy atom. The molecular formula is C11H16O. The Kier molecular flexibility index (Phi) is 7.25. The van der Waals surface area contributed by atoms with Crippen molar-refractivity contribution in [3.8, 4) is 0 Å². The standard InChI is InChI=1S/C11H16O/c1-3-5-6-7-8-9-10-11(12)4-2/h3,5-8H,1,4,9-10H2,2H3/b6-5+,8-7+. The molecule has 0 heterocycles. The third-order valence-electron chi connectivity index (χ3n) is 1.48. The van der Waals surface area contributed by atoms with Gasteiger partial charge in [0, 0.05) is 12.8 Å². The molecule has 0 saturated carbocycles. The lowest BCUT2D eigenvalue weighted by atomic mass is 10.2. The Morgan fingerprint density at radius 3 is 2.67 bits per heavy atom. The van der Waals surface area contributed by atoms with E-state index < -0.39 is 0 Å². The van der Waals surface area contributed by atoms with Gasteiger partial charge in [0.05, 0.1) is 0 Å². The summed E-state index contributed by atoms with van der Waals surface area (Å²) in [4.78, 5) is 10.8. The average Bonchev–Trinajstić information content (AvgIpc) is 2.10. The first-order valence-corrected chi connectivity index (χ1v) is 4.27. The molecule has 1 heteroatoms. The summed E-state index contributed by atoms with van der Waals surface area (Å²) in [5.74, 6) is 0.326. The van der Waals surface area contributed by atoms with E-state index in [4.69, 9.17) is 0 Å². The second kappa shape index (κ2) is 7.99. The van der Waals surface area contributed by atoms with E-state index in [1.54, 1.807) is 6.08 Å². The van der Waals surface area contributed by atoms with Gasteiger partial charge in [0.15, 0.2) is 0 Å². The predicted octanol–water partition coefficient (Wildman–Crippen LogP) is 3.04. The Morgan fingerprint density at radius 2 is 2.08 bits per heavy atom. The maximum absolute atomic E-state index is 10.8. The maximum atomic E-state index is 10.8. The van der Waals surface area contributed by atoms with E-state index in [2.05, 4.69) is 6.58 Å². The molecule has 0 aromatic carbocycles. The van der Waals surface area contributed by atoms with Crippen molar-refractivity contribution in [1.82, 2.24) is 0 Å². The third-order valence-corrected chi connectivity index (χ3v) is 1.48. The molecule has 0 spiro atoms. The van der Waals surface area contributed by atoms with Crippen LogP contribution >= 0.6 is 0 Å². The van der Waals surface area contributed by atoms with Crippen LogP contribution in [0.5, 0.6) is 0 Å². The minimum absolute atomic E-state index is 0.326. The lowest BCUT2D eigenvalue weighted by Crippen LogP contribution is -1.92. The van der Waals surface area contributed by atoms with Crippen LogP contribution in [0.15, 0.2) is 37.0 Å². The summed E-state index contributed by atoms with van der Waals surface area (Å²) in [6.45, 7) is 5.44. The highest BCUT2D eigenvalue weighted by Gasteiger charge is 1.93. The van der Waals surface area contributed by atoms with Crippen LogP contribution in [0.2, 0.25) is 0 Å². The molecule has 1 nitrogen and oxygen atoms in total. The van der Waals surface area contributed by atoms with Crippen molar-refractivity contribution < 1.29 is 4.79 Å². The fourth-order valence-corrected chi connectivity index (χ4v) is 0.739. The molecule has 0 atom stereocenters. The molecule has 0 aliphatic rings. The number of allylic oxidation sites excluding steroid dienone is 5. The van der Waals surface area contributed by atoms with Gasteiger partial charge in [-0.25, -0.2) is 0 Å². The van der Waals surface area contributed by atoms with Crippen molar-refractivity contribution in [3.05, 3.63) is 37.0 Å². The van der Waals surface area contributed by atoms with Crippen LogP contribution in [-0.4, -0.2) is 5.78 Å². The SMILES string of the molecule is C=C/C=C/C=C/CCC(=O)CC. The van der Waals surface area contributed by atoms with Crippen LogP contribution in [-0.2, 0) is 4.79 Å². The molecule has 0 bridgehead atoms. The molecule has 0 aliphatic heterocycles. The van der Waals surface area contributed by atoms with Crippen LogP contribution < -0.4 is 0 Å². The quantitative estimate of drug-likeness (QED) is 0.551. The topological polar surface area (TPSA) is 17.1 Å². The summed E-state index contributed by atoms with van der Waals surface area (Å²) in [6.07, 6.45) is 11.6. The second-order valence-corrected chi connectivity index (χ2v) is 2.48. The molecule has 0 N–H and O–H groups in total. The molecule has 0 aromatic rings. The molecular weight excluding hydrogens is 148 g/mol. The summed E-state index contributed by atoms with van der Waals surface area (Å²) in [5.41, 5.74) is 0. The lowest BCUT2D eigenvalue weighted by Gasteiger charge is -1.89. The smallest absolute Gasteiger partial charge is 0.132 e. The van der Waals surface area contributed by atoms with E-state index in [9.17, 15) is 4.79 Å². The van der Waals surface area contributed by atoms with Gasteiger partial charge >= 0.3 is 0 Å². The molecule has 0 amide bonds. The number of hydrogen-bond donors (Lipinski definition) is 0. The van der Waals surface area contributed by atoms with Gasteiger partial charge in [-0.15, -0.1) is 0 Å². The van der Waals surface area contributed by atoms with Crippen LogP contribution in [0.4, 0.5) is 0 Å². The number of hydrogen-bond acceptors (Lipinski definition) is 1. The summed E-state index contributed by atoms with van der Waals surface area (Å²) in [7, 11) is 0. The van der Waals surface area contributed by atoms with Crippen molar-refractivity contribution in [3.63, 3.8) is 0 Å². The van der Waals surface area contributed by atoms with Gasteiger partial charge in [0.25, 0.3) is 0 Å². The zero-order valence-electron chi connectivity index (χ0n) is 7.62. The van der Waals surface area contributed by atoms with Gasteiger partial charge in [-0.2, -0.15) is 0 Å². The zero-order chi connectivity index (χ0) is 9.23. The van der Waals surface area contributed by atoms with Crippen LogP contribution in [0, 0.1) is 0 Å². The largest absolute Gasteiger partial charge is 0.300 e. The highest BCUT2D eigenvalue weighted by molar-refractivity contribution is 5.78. The molecule has 0 rings (SSSR count). The Balaban J connectivity index is 3.42. The molecule has 0 aliphatic carbocycles. The highest BCUT2D eigenvalue weighted by atomic mass is 16.1. The minimum Gasteiger partial charge on any atom is -0.300 e. The Labute approximate surface area is 74.5 Å². The van der Waals surface area contributed by atoms with E-state index in [0.717, 1.165) is 6.42 Å². The normalized spacial score (nSPS) is 11.1. The molecule has 66 valence electrons. The summed E-state index contributed by atoms with van der Waals surface area (Å²) in [5, 5.41) is 0. The first kappa shape index (κ1) is 10.9. The number of carbonyl (C=O) groups is 1. The molecule has 0 aromatic heterocycles. The highest BCUT2D eigenvalue weighted by Crippen LogP contribution is 1.95. The average molecular weight is 164 g/mol. The fourth-order valence-electron chi connectivity index (χ4n) is 0.739. The van der Waals surface area contributed by atoms with Crippen molar-refractivity contribution in [2.75, 3.05) is 0 Å². The van der Waals surface area contributed by atoms with Crippen LogP contribution in [0.1, 0.15) is 26.2 Å². The Bertz CT molecular complexity index is 187. The number of ketones is 1. The molecule has 0 saturated heterocycles. The Hall–Kier alpha value is -1.11. The molecule has 0 fully saturated rings. The van der Waals surface area contributed by atoms with Crippen LogP contribution in [0.25, 0.3) is 0 Å². The van der Waals surface area contributed by atoms with Crippen molar-refractivity contribution in [2.24, 2.45) is 0 Å². The van der Waals surface area contributed by atoms with E-state index in [1.165, 1.54) is 0 Å². The number of Topliss-reactive ketones (excluding diaryl/α,β-unsaturated/α-hetero) is 1. The predicted molar refractivity (Wildman–Crippen MR) is 53.0 cm³/mol. The molecule has 0 unspecified atom stereocenters. The van der Waals surface area contributed by atoms with Crippen LogP contribution in [0.3, 0.4) is 0 Å². The fraction of sp³-hybridized carbons (Fsp3) is 0.364. The second-order valence-electron chi connectivity index (χ2n) is 2.48. The monoisotopic (exact) mass is 164 g/mol. The lowest BCUT2D eigenvalue weighted by molar-refractivity contribution is -0.118. The van der Waals surface area contributed by atoms with Gasteiger partial charge in [-0.05, 0) is 6.42 Å². The molecule has 12 heavy (non-hydrogen) atoms. The van der Waals surface area contributed by atoms with E-state index in [1.807, 2.05) is 31.2 Å². The van der Waals surface area contributed by atoms with Gasteiger partial charge in [-0.3, -0.25) is 4.79 Å². The van der Waals surface area contributed by atoms with Crippen molar-refractivity contribution in [1.29, 1.82) is 0 Å². The van der Waals surface area contributed by atoms with Gasteiger partial charge in [0.1, 0.15) is 5.78 Å². The van der Waals surface area contributed by atoms with Gasteiger partial charge in [0.2, 0.25) is 0 Å². The molecule has 0 radical (unpaired) electrons. The van der Waals surface area contributed by atoms with Crippen molar-refractivity contribution >= 4 is 5.78 Å². The van der Waals surface area contributed by atoms with E-state index in [-0.39, 0.29) is 0 Å². The third kappa shape index (κ3) is 7.00. The summed E-state index contributed by atoms with van der Waals surface area (Å²) < 4.78 is 0. The van der Waals surface area contributed by atoms with E-state index in [0.29, 0.717) is 18.6 Å². The van der Waals surface area contributed by atoms with E-state index >= 15 is 0 Å². The minimum atomic E-state index is 0.326. The van der Waals surface area contributed by atoms with Gasteiger partial charge < -0.3 is 0 Å².